The molecule has 0 aromatic heterocycles. The highest BCUT2D eigenvalue weighted by molar-refractivity contribution is 5.18. The summed E-state index contributed by atoms with van der Waals surface area (Å²) in [5.74, 6) is -1.57. The maximum Gasteiger partial charge on any atom is 0.159 e. The van der Waals surface area contributed by atoms with Gasteiger partial charge >= 0.3 is 0 Å². The fraction of sp³-hybridized carbons (Fsp3) is 0.571. The van der Waals surface area contributed by atoms with Crippen molar-refractivity contribution in [3.63, 3.8) is 0 Å². The summed E-state index contributed by atoms with van der Waals surface area (Å²) in [6.07, 6.45) is 4.04. The second-order valence-corrected chi connectivity index (χ2v) is 4.88. The second kappa shape index (κ2) is 6.25. The zero-order valence-corrected chi connectivity index (χ0v) is 10.4. The van der Waals surface area contributed by atoms with Gasteiger partial charge in [-0.25, -0.2) is 8.78 Å². The Labute approximate surface area is 106 Å². The van der Waals surface area contributed by atoms with Crippen molar-refractivity contribution in [2.24, 2.45) is 0 Å². The minimum Gasteiger partial charge on any atom is -0.396 e. The summed E-state index contributed by atoms with van der Waals surface area (Å²) < 4.78 is 26.0. The van der Waals surface area contributed by atoms with E-state index in [1.165, 1.54) is 12.1 Å². The highest BCUT2D eigenvalue weighted by atomic mass is 19.2. The van der Waals surface area contributed by atoms with Crippen molar-refractivity contribution in [3.05, 3.63) is 35.4 Å². The first-order chi connectivity index (χ1) is 8.70. The Morgan fingerprint density at radius 1 is 1.28 bits per heavy atom. The van der Waals surface area contributed by atoms with Crippen molar-refractivity contribution < 1.29 is 13.9 Å². The predicted octanol–water partition coefficient (Wildman–Crippen LogP) is 2.70. The van der Waals surface area contributed by atoms with E-state index in [0.717, 1.165) is 37.8 Å². The maximum absolute atomic E-state index is 13.1. The van der Waals surface area contributed by atoms with Crippen LogP contribution in [-0.4, -0.2) is 29.2 Å². The van der Waals surface area contributed by atoms with Crippen LogP contribution in [0.1, 0.15) is 31.2 Å². The van der Waals surface area contributed by atoms with E-state index in [0.29, 0.717) is 12.6 Å². The first kappa shape index (κ1) is 13.4. The highest BCUT2D eigenvalue weighted by Crippen LogP contribution is 2.23. The lowest BCUT2D eigenvalue weighted by atomic mass is 10.1. The van der Waals surface area contributed by atoms with Gasteiger partial charge in [-0.2, -0.15) is 0 Å². The van der Waals surface area contributed by atoms with E-state index in [4.69, 9.17) is 5.11 Å². The van der Waals surface area contributed by atoms with Crippen LogP contribution in [0.15, 0.2) is 18.2 Å². The molecule has 1 atom stereocenters. The van der Waals surface area contributed by atoms with Gasteiger partial charge in [-0.1, -0.05) is 6.07 Å². The Bertz CT molecular complexity index is 397. The van der Waals surface area contributed by atoms with Gasteiger partial charge in [0.1, 0.15) is 0 Å². The zero-order valence-electron chi connectivity index (χ0n) is 10.4. The Morgan fingerprint density at radius 3 is 2.83 bits per heavy atom. The minimum absolute atomic E-state index is 0.218. The molecule has 2 nitrogen and oxygen atoms in total. The molecule has 0 amide bonds. The van der Waals surface area contributed by atoms with Gasteiger partial charge in [0.25, 0.3) is 0 Å². The van der Waals surface area contributed by atoms with Crippen molar-refractivity contribution in [1.82, 2.24) is 4.90 Å². The van der Waals surface area contributed by atoms with Crippen LogP contribution in [0, 0.1) is 11.6 Å². The summed E-state index contributed by atoms with van der Waals surface area (Å²) in [6, 6.07) is 4.56. The van der Waals surface area contributed by atoms with Crippen LogP contribution in [0.4, 0.5) is 8.78 Å². The molecular weight excluding hydrogens is 236 g/mol. The molecule has 1 saturated heterocycles. The van der Waals surface area contributed by atoms with Crippen molar-refractivity contribution >= 4 is 0 Å². The largest absolute Gasteiger partial charge is 0.396 e. The molecule has 1 fully saturated rings. The molecule has 100 valence electrons. The third-order valence-corrected chi connectivity index (χ3v) is 3.56. The summed E-state index contributed by atoms with van der Waals surface area (Å²) in [5, 5.41) is 8.86. The van der Waals surface area contributed by atoms with E-state index in [2.05, 4.69) is 4.90 Å². The van der Waals surface area contributed by atoms with E-state index in [9.17, 15) is 8.78 Å². The molecular formula is C14H19F2NO. The SMILES string of the molecule is OCCCC1CCCN1Cc1ccc(F)c(F)c1. The molecule has 1 aromatic rings. The fourth-order valence-corrected chi connectivity index (χ4v) is 2.63. The van der Waals surface area contributed by atoms with Crippen LogP contribution >= 0.6 is 0 Å². The van der Waals surface area contributed by atoms with E-state index >= 15 is 0 Å². The first-order valence-electron chi connectivity index (χ1n) is 6.49. The summed E-state index contributed by atoms with van der Waals surface area (Å²) in [7, 11) is 0. The number of hydrogen-bond donors (Lipinski definition) is 1. The molecule has 0 saturated carbocycles. The molecule has 1 N–H and O–H groups in total. The van der Waals surface area contributed by atoms with Crippen molar-refractivity contribution in [2.45, 2.75) is 38.3 Å². The number of aliphatic hydroxyl groups is 1. The van der Waals surface area contributed by atoms with E-state index in [1.54, 1.807) is 6.07 Å². The molecule has 1 aliphatic heterocycles. The number of nitrogens with zero attached hydrogens (tertiary/aromatic N) is 1. The Morgan fingerprint density at radius 2 is 2.11 bits per heavy atom. The molecule has 1 heterocycles. The molecule has 1 aromatic carbocycles. The Hall–Kier alpha value is -1.00. The third kappa shape index (κ3) is 3.27. The van der Waals surface area contributed by atoms with Crippen LogP contribution < -0.4 is 0 Å². The van der Waals surface area contributed by atoms with Crippen LogP contribution in [-0.2, 0) is 6.54 Å². The molecule has 4 heteroatoms. The highest BCUT2D eigenvalue weighted by Gasteiger charge is 2.23. The average molecular weight is 255 g/mol. The molecule has 2 rings (SSSR count). The summed E-state index contributed by atoms with van der Waals surface area (Å²) in [6.45, 7) is 1.87. The molecule has 0 spiro atoms. The number of halogens is 2. The van der Waals surface area contributed by atoms with Gasteiger partial charge in [-0.3, -0.25) is 4.90 Å². The van der Waals surface area contributed by atoms with E-state index in [-0.39, 0.29) is 6.61 Å². The Balaban J connectivity index is 1.96. The number of benzene rings is 1. The van der Waals surface area contributed by atoms with E-state index < -0.39 is 11.6 Å². The van der Waals surface area contributed by atoms with Gasteiger partial charge in [-0.05, 0) is 49.9 Å². The first-order valence-corrected chi connectivity index (χ1v) is 6.49. The summed E-state index contributed by atoms with van der Waals surface area (Å²) in [5.41, 5.74) is 0.810. The number of rotatable bonds is 5. The Kier molecular flexibility index (Phi) is 4.66. The topological polar surface area (TPSA) is 23.5 Å². The molecule has 0 radical (unpaired) electrons. The normalized spacial score (nSPS) is 20.5. The fourth-order valence-electron chi connectivity index (χ4n) is 2.63. The predicted molar refractivity (Wildman–Crippen MR) is 66.1 cm³/mol. The van der Waals surface area contributed by atoms with Crippen molar-refractivity contribution in [2.75, 3.05) is 13.2 Å². The van der Waals surface area contributed by atoms with Gasteiger partial charge in [0.15, 0.2) is 11.6 Å². The van der Waals surface area contributed by atoms with Crippen LogP contribution in [0.2, 0.25) is 0 Å². The monoisotopic (exact) mass is 255 g/mol. The number of aliphatic hydroxyl groups excluding tert-OH is 1. The quantitative estimate of drug-likeness (QED) is 0.874. The maximum atomic E-state index is 13.1. The van der Waals surface area contributed by atoms with Crippen LogP contribution in [0.5, 0.6) is 0 Å². The minimum atomic E-state index is -0.794. The summed E-state index contributed by atoms with van der Waals surface area (Å²) >= 11 is 0. The zero-order chi connectivity index (χ0) is 13.0. The van der Waals surface area contributed by atoms with Crippen LogP contribution in [0.3, 0.4) is 0 Å². The van der Waals surface area contributed by atoms with Gasteiger partial charge in [0.05, 0.1) is 0 Å². The lowest BCUT2D eigenvalue weighted by molar-refractivity contribution is 0.210. The van der Waals surface area contributed by atoms with E-state index in [1.807, 2.05) is 0 Å². The van der Waals surface area contributed by atoms with Crippen molar-refractivity contribution in [3.8, 4) is 0 Å². The third-order valence-electron chi connectivity index (χ3n) is 3.56. The van der Waals surface area contributed by atoms with Gasteiger partial charge in [0, 0.05) is 19.2 Å². The molecule has 1 unspecified atom stereocenters. The number of hydrogen-bond acceptors (Lipinski definition) is 2. The molecule has 18 heavy (non-hydrogen) atoms. The van der Waals surface area contributed by atoms with Gasteiger partial charge in [0.2, 0.25) is 0 Å². The standard InChI is InChI=1S/C14H19F2NO/c15-13-6-5-11(9-14(13)16)10-17-7-1-3-12(17)4-2-8-18/h5-6,9,12,18H,1-4,7-8,10H2. The molecule has 0 aliphatic carbocycles. The van der Waals surface area contributed by atoms with Crippen molar-refractivity contribution in [1.29, 1.82) is 0 Å². The average Bonchev–Trinajstić information content (AvgIpc) is 2.79. The van der Waals surface area contributed by atoms with Gasteiger partial charge in [-0.15, -0.1) is 0 Å². The summed E-state index contributed by atoms with van der Waals surface area (Å²) in [4.78, 5) is 2.29. The number of likely N-dealkylation sites (tertiary alicyclic amines) is 1. The molecule has 0 bridgehead atoms. The second-order valence-electron chi connectivity index (χ2n) is 4.88. The smallest absolute Gasteiger partial charge is 0.159 e. The lowest BCUT2D eigenvalue weighted by Crippen LogP contribution is -2.29. The van der Waals surface area contributed by atoms with Gasteiger partial charge < -0.3 is 5.11 Å². The molecule has 1 aliphatic rings. The lowest BCUT2D eigenvalue weighted by Gasteiger charge is -2.24. The van der Waals surface area contributed by atoms with Crippen LogP contribution in [0.25, 0.3) is 0 Å².